The largest absolute Gasteiger partial charge is 0.309 e. The van der Waals surface area contributed by atoms with E-state index in [2.05, 4.69) is 145 Å². The lowest BCUT2D eigenvalue weighted by molar-refractivity contribution is 0.658. The number of benzene rings is 4. The molecule has 1 aliphatic rings. The summed E-state index contributed by atoms with van der Waals surface area (Å²) in [5.41, 5.74) is 12.2. The van der Waals surface area contributed by atoms with Gasteiger partial charge in [-0.25, -0.2) is 0 Å². The Bertz CT molecular complexity index is 1710. The van der Waals surface area contributed by atoms with Crippen molar-refractivity contribution in [2.45, 2.75) is 19.3 Å². The van der Waals surface area contributed by atoms with Crippen molar-refractivity contribution in [2.24, 2.45) is 0 Å². The third-order valence-corrected chi connectivity index (χ3v) is 7.98. The molecule has 0 spiro atoms. The monoisotopic (exact) mass is 515 g/mol. The summed E-state index contributed by atoms with van der Waals surface area (Å²) in [7, 11) is 0. The highest BCUT2D eigenvalue weighted by Gasteiger charge is 2.38. The Morgan fingerprint density at radius 1 is 0.475 bits per heavy atom. The minimum Gasteiger partial charge on any atom is -0.309 e. The molecule has 0 amide bonds. The number of anilines is 3. The lowest BCUT2D eigenvalue weighted by Gasteiger charge is -2.28. The summed E-state index contributed by atoms with van der Waals surface area (Å²) in [6, 6.07) is 45.0. The third kappa shape index (κ3) is 4.07. The van der Waals surface area contributed by atoms with Crippen LogP contribution in [0.25, 0.3) is 33.6 Å². The molecule has 3 nitrogen and oxygen atoms in total. The van der Waals surface area contributed by atoms with Crippen LogP contribution in [0.15, 0.2) is 140 Å². The Balaban J connectivity index is 1.34. The Morgan fingerprint density at radius 3 is 1.52 bits per heavy atom. The van der Waals surface area contributed by atoms with E-state index in [1.165, 1.54) is 33.4 Å². The molecule has 40 heavy (non-hydrogen) atoms. The molecule has 192 valence electrons. The van der Waals surface area contributed by atoms with Crippen molar-refractivity contribution in [1.29, 1.82) is 0 Å². The highest BCUT2D eigenvalue weighted by atomic mass is 15.1. The molecule has 0 unspecified atom stereocenters. The van der Waals surface area contributed by atoms with Crippen molar-refractivity contribution in [3.63, 3.8) is 0 Å². The molecule has 2 heterocycles. The number of aromatic nitrogens is 2. The second-order valence-electron chi connectivity index (χ2n) is 10.8. The first kappa shape index (κ1) is 24.1. The zero-order valence-corrected chi connectivity index (χ0v) is 22.6. The number of pyridine rings is 2. The van der Waals surface area contributed by atoms with Crippen molar-refractivity contribution in [3.05, 3.63) is 151 Å². The van der Waals surface area contributed by atoms with Crippen LogP contribution in [-0.4, -0.2) is 9.97 Å². The van der Waals surface area contributed by atoms with Crippen molar-refractivity contribution < 1.29 is 0 Å². The van der Waals surface area contributed by atoms with Gasteiger partial charge in [-0.1, -0.05) is 105 Å². The van der Waals surface area contributed by atoms with Gasteiger partial charge >= 0.3 is 0 Å². The van der Waals surface area contributed by atoms with Gasteiger partial charge in [-0.05, 0) is 69.8 Å². The molecule has 0 saturated heterocycles. The molecule has 0 bridgehead atoms. The van der Waals surface area contributed by atoms with E-state index >= 15 is 0 Å². The van der Waals surface area contributed by atoms with E-state index in [0.717, 1.165) is 28.5 Å². The lowest BCUT2D eigenvalue weighted by atomic mass is 9.83. The van der Waals surface area contributed by atoms with Crippen LogP contribution in [-0.2, 0) is 5.41 Å². The Morgan fingerprint density at radius 2 is 0.975 bits per heavy atom. The molecule has 6 aromatic rings. The van der Waals surface area contributed by atoms with E-state index in [1.54, 1.807) is 0 Å². The summed E-state index contributed by atoms with van der Waals surface area (Å²) in [6.07, 6.45) is 3.84. The van der Waals surface area contributed by atoms with Crippen LogP contribution in [0.1, 0.15) is 25.0 Å². The molecule has 0 fully saturated rings. The van der Waals surface area contributed by atoms with Crippen molar-refractivity contribution in [3.8, 4) is 33.6 Å². The second kappa shape index (κ2) is 9.62. The molecule has 2 aromatic heterocycles. The highest BCUT2D eigenvalue weighted by molar-refractivity contribution is 5.83. The zero-order chi connectivity index (χ0) is 27.1. The molecule has 0 radical (unpaired) electrons. The van der Waals surface area contributed by atoms with E-state index in [9.17, 15) is 0 Å². The Labute approximate surface area is 235 Å². The van der Waals surface area contributed by atoms with E-state index in [0.29, 0.717) is 0 Å². The van der Waals surface area contributed by atoms with Gasteiger partial charge in [0, 0.05) is 23.0 Å². The highest BCUT2D eigenvalue weighted by Crippen LogP contribution is 2.48. The Hall–Kier alpha value is -5.02. The van der Waals surface area contributed by atoms with Gasteiger partial charge in [-0.2, -0.15) is 0 Å². The van der Waals surface area contributed by atoms with Gasteiger partial charge in [0.05, 0.1) is 23.3 Å². The summed E-state index contributed by atoms with van der Waals surface area (Å²) < 4.78 is 0. The molecule has 0 N–H and O–H groups in total. The van der Waals surface area contributed by atoms with Gasteiger partial charge in [0.15, 0.2) is 0 Å². The number of hydrogen-bond acceptors (Lipinski definition) is 3. The summed E-state index contributed by atoms with van der Waals surface area (Å²) in [6.45, 7) is 4.52. The molecule has 1 aliphatic carbocycles. The third-order valence-electron chi connectivity index (χ3n) is 7.98. The first-order chi connectivity index (χ1) is 19.6. The Kier molecular flexibility index (Phi) is 5.78. The molecule has 4 aromatic carbocycles. The molecule has 0 saturated carbocycles. The average molecular weight is 516 g/mol. The lowest BCUT2D eigenvalue weighted by Crippen LogP contribution is -2.17. The van der Waals surface area contributed by atoms with Crippen LogP contribution < -0.4 is 4.90 Å². The minimum absolute atomic E-state index is 0.179. The molecule has 0 aliphatic heterocycles. The maximum Gasteiger partial charge on any atom is 0.0931 e. The minimum atomic E-state index is -0.179. The van der Waals surface area contributed by atoms with Crippen LogP contribution in [0.5, 0.6) is 0 Å². The average Bonchev–Trinajstić information content (AvgIpc) is 3.25. The van der Waals surface area contributed by atoms with Crippen LogP contribution in [0.2, 0.25) is 0 Å². The smallest absolute Gasteiger partial charge is 0.0931 e. The van der Waals surface area contributed by atoms with Gasteiger partial charge < -0.3 is 4.90 Å². The second-order valence-corrected chi connectivity index (χ2v) is 10.8. The first-order valence-corrected chi connectivity index (χ1v) is 13.7. The van der Waals surface area contributed by atoms with Gasteiger partial charge in [0.1, 0.15) is 0 Å². The molecule has 3 heteroatoms. The number of fused-ring (bicyclic) bond motifs is 3. The molecular formula is C37H29N3. The maximum absolute atomic E-state index is 4.99. The fourth-order valence-corrected chi connectivity index (χ4v) is 5.80. The van der Waals surface area contributed by atoms with E-state index in [4.69, 9.17) is 4.98 Å². The summed E-state index contributed by atoms with van der Waals surface area (Å²) in [4.78, 5) is 12.0. The number of hydrogen-bond donors (Lipinski definition) is 0. The van der Waals surface area contributed by atoms with Gasteiger partial charge in [0.25, 0.3) is 0 Å². The SMILES string of the molecule is CC1(C)c2cccnc2-c2ncc(N(c3ccc(-c4ccccc4)cc3)c3ccc(-c4ccccc4)cc3)cc21. The molecular weight excluding hydrogens is 486 g/mol. The van der Waals surface area contributed by atoms with Gasteiger partial charge in [0.2, 0.25) is 0 Å². The number of nitrogens with zero attached hydrogens (tertiary/aromatic N) is 3. The van der Waals surface area contributed by atoms with Crippen molar-refractivity contribution >= 4 is 17.1 Å². The van der Waals surface area contributed by atoms with Crippen LogP contribution >= 0.6 is 0 Å². The van der Waals surface area contributed by atoms with Crippen molar-refractivity contribution in [1.82, 2.24) is 9.97 Å². The predicted octanol–water partition coefficient (Wildman–Crippen LogP) is 9.59. The van der Waals surface area contributed by atoms with Crippen LogP contribution in [0.3, 0.4) is 0 Å². The molecule has 0 atom stereocenters. The van der Waals surface area contributed by atoms with Gasteiger partial charge in [-0.15, -0.1) is 0 Å². The fourth-order valence-electron chi connectivity index (χ4n) is 5.80. The van der Waals surface area contributed by atoms with E-state index < -0.39 is 0 Å². The van der Waals surface area contributed by atoms with E-state index in [-0.39, 0.29) is 5.41 Å². The summed E-state index contributed by atoms with van der Waals surface area (Å²) in [5.74, 6) is 0. The summed E-state index contributed by atoms with van der Waals surface area (Å²) >= 11 is 0. The normalized spacial score (nSPS) is 12.9. The quantitative estimate of drug-likeness (QED) is 0.229. The summed E-state index contributed by atoms with van der Waals surface area (Å²) in [5, 5.41) is 0. The standard InChI is InChI=1S/C37H29N3/c1-37(2)33-14-9-23-38-35(33)36-34(37)24-32(25-39-36)40(30-19-15-28(16-20-30)26-10-5-3-6-11-26)31-21-17-29(18-22-31)27-12-7-4-8-13-27/h3-25H,1-2H3. The van der Waals surface area contributed by atoms with E-state index in [1.807, 2.05) is 18.5 Å². The topological polar surface area (TPSA) is 29.0 Å². The fraction of sp³-hybridized carbons (Fsp3) is 0.0811. The maximum atomic E-state index is 4.99. The van der Waals surface area contributed by atoms with Crippen LogP contribution in [0, 0.1) is 0 Å². The van der Waals surface area contributed by atoms with Crippen LogP contribution in [0.4, 0.5) is 17.1 Å². The van der Waals surface area contributed by atoms with Crippen molar-refractivity contribution in [2.75, 3.05) is 4.90 Å². The zero-order valence-electron chi connectivity index (χ0n) is 22.6. The predicted molar refractivity (Wildman–Crippen MR) is 165 cm³/mol. The number of rotatable bonds is 5. The first-order valence-electron chi connectivity index (χ1n) is 13.7. The van der Waals surface area contributed by atoms with Gasteiger partial charge in [-0.3, -0.25) is 9.97 Å². The molecule has 7 rings (SSSR count).